The summed E-state index contributed by atoms with van der Waals surface area (Å²) in [6.45, 7) is -1.57. The molecule has 0 aromatic carbocycles. The molecule has 0 saturated carbocycles. The number of carbonyl (C=O) groups excluding carboxylic acids is 1. The molecule has 7 nitrogen and oxygen atoms in total. The topological polar surface area (TPSA) is 113 Å². The zero-order chi connectivity index (χ0) is 16.2. The number of halogens is 5. The van der Waals surface area contributed by atoms with Gasteiger partial charge in [-0.1, -0.05) is 0 Å². The van der Waals surface area contributed by atoms with Gasteiger partial charge in [-0.3, -0.25) is 4.79 Å². The number of tetrazole rings is 1. The van der Waals surface area contributed by atoms with Crippen LogP contribution in [0.2, 0.25) is 0 Å². The lowest BCUT2D eigenvalue weighted by Gasteiger charge is -2.17. The van der Waals surface area contributed by atoms with E-state index in [1.165, 1.54) is 0 Å². The standard InChI is InChI=1S/C9H11F5N6O/c10-6(11)1-4(5(15)2-7(16)21)8-17-18-19-20(8)3-9(12,13)14/h2,4,6H,1,3,15H2,(H2,16,21). The average molecular weight is 314 g/mol. The fourth-order valence-corrected chi connectivity index (χ4v) is 1.58. The minimum atomic E-state index is -4.65. The highest BCUT2D eigenvalue weighted by atomic mass is 19.4. The Morgan fingerprint density at radius 1 is 1.33 bits per heavy atom. The molecule has 0 fully saturated rings. The largest absolute Gasteiger partial charge is 0.408 e. The number of nitrogens with zero attached hydrogens (tertiary/aromatic N) is 4. The second-order valence-electron chi connectivity index (χ2n) is 4.04. The molecule has 0 aliphatic rings. The van der Waals surface area contributed by atoms with Crippen LogP contribution in [0.15, 0.2) is 11.8 Å². The lowest BCUT2D eigenvalue weighted by molar-refractivity contribution is -0.143. The summed E-state index contributed by atoms with van der Waals surface area (Å²) in [5, 5.41) is 9.38. The molecule has 4 N–H and O–H groups in total. The Labute approximate surface area is 114 Å². The van der Waals surface area contributed by atoms with Gasteiger partial charge in [0.15, 0.2) is 5.82 Å². The first-order valence-corrected chi connectivity index (χ1v) is 5.47. The van der Waals surface area contributed by atoms with Crippen LogP contribution in [-0.2, 0) is 11.3 Å². The lowest BCUT2D eigenvalue weighted by Crippen LogP contribution is -2.25. The van der Waals surface area contributed by atoms with Crippen LogP contribution in [0.5, 0.6) is 0 Å². The molecule has 1 aromatic rings. The van der Waals surface area contributed by atoms with Crippen molar-refractivity contribution in [1.29, 1.82) is 0 Å². The van der Waals surface area contributed by atoms with Crippen LogP contribution in [0.3, 0.4) is 0 Å². The van der Waals surface area contributed by atoms with E-state index in [9.17, 15) is 26.7 Å². The zero-order valence-electron chi connectivity index (χ0n) is 10.4. The number of alkyl halides is 5. The summed E-state index contributed by atoms with van der Waals surface area (Å²) in [7, 11) is 0. The molecule has 0 bridgehead atoms. The van der Waals surface area contributed by atoms with E-state index in [4.69, 9.17) is 11.5 Å². The van der Waals surface area contributed by atoms with Gasteiger partial charge < -0.3 is 11.5 Å². The molecule has 0 radical (unpaired) electrons. The number of amides is 1. The third-order valence-corrected chi connectivity index (χ3v) is 2.33. The number of allylic oxidation sites excluding steroid dienone is 1. The van der Waals surface area contributed by atoms with Gasteiger partial charge in [0.1, 0.15) is 6.54 Å². The minimum Gasteiger partial charge on any atom is -0.401 e. The molecular weight excluding hydrogens is 303 g/mol. The summed E-state index contributed by atoms with van der Waals surface area (Å²) in [6.07, 6.45) is -7.86. The van der Waals surface area contributed by atoms with E-state index in [2.05, 4.69) is 15.5 Å². The van der Waals surface area contributed by atoms with E-state index in [-0.39, 0.29) is 0 Å². The highest BCUT2D eigenvalue weighted by molar-refractivity contribution is 5.86. The van der Waals surface area contributed by atoms with Crippen LogP contribution in [0.1, 0.15) is 18.2 Å². The molecule has 0 saturated heterocycles. The molecule has 0 aliphatic heterocycles. The molecule has 1 aromatic heterocycles. The van der Waals surface area contributed by atoms with Gasteiger partial charge in [0, 0.05) is 18.2 Å². The molecule has 0 spiro atoms. The maximum Gasteiger partial charge on any atom is 0.408 e. The van der Waals surface area contributed by atoms with E-state index in [0.29, 0.717) is 10.8 Å². The lowest BCUT2D eigenvalue weighted by atomic mass is 10.0. The predicted molar refractivity (Wildman–Crippen MR) is 58.7 cm³/mol. The van der Waals surface area contributed by atoms with E-state index in [1.807, 2.05) is 0 Å². The van der Waals surface area contributed by atoms with Gasteiger partial charge in [-0.25, -0.2) is 13.5 Å². The summed E-state index contributed by atoms with van der Waals surface area (Å²) in [6, 6.07) is 0. The first-order valence-electron chi connectivity index (χ1n) is 5.47. The molecule has 1 rings (SSSR count). The van der Waals surface area contributed by atoms with Gasteiger partial charge in [0.2, 0.25) is 12.3 Å². The molecule has 1 amide bonds. The Balaban J connectivity index is 3.15. The summed E-state index contributed by atoms with van der Waals surface area (Å²) in [5.41, 5.74) is 9.82. The number of aromatic nitrogens is 4. The number of carbonyl (C=O) groups is 1. The fourth-order valence-electron chi connectivity index (χ4n) is 1.58. The minimum absolute atomic E-state index is 0.300. The van der Waals surface area contributed by atoms with Crippen LogP contribution in [-0.4, -0.2) is 38.7 Å². The summed E-state index contributed by atoms with van der Waals surface area (Å²) >= 11 is 0. The fraction of sp³-hybridized carbons (Fsp3) is 0.556. The van der Waals surface area contributed by atoms with Crippen molar-refractivity contribution in [1.82, 2.24) is 20.2 Å². The molecule has 12 heteroatoms. The Bertz CT molecular complexity index is 525. The van der Waals surface area contributed by atoms with Crippen LogP contribution >= 0.6 is 0 Å². The van der Waals surface area contributed by atoms with E-state index in [1.54, 1.807) is 0 Å². The summed E-state index contributed by atoms with van der Waals surface area (Å²) in [5.74, 6) is -3.01. The van der Waals surface area contributed by atoms with Crippen molar-refractivity contribution in [3.63, 3.8) is 0 Å². The van der Waals surface area contributed by atoms with Crippen LogP contribution in [0.25, 0.3) is 0 Å². The molecule has 118 valence electrons. The zero-order valence-corrected chi connectivity index (χ0v) is 10.4. The third-order valence-electron chi connectivity index (χ3n) is 2.33. The third kappa shape index (κ3) is 5.31. The first-order chi connectivity index (χ1) is 9.60. The predicted octanol–water partition coefficient (Wildman–Crippen LogP) is 0.302. The van der Waals surface area contributed by atoms with Gasteiger partial charge in [-0.05, 0) is 10.4 Å². The van der Waals surface area contributed by atoms with Crippen LogP contribution in [0, 0.1) is 0 Å². The first kappa shape index (κ1) is 16.8. The molecule has 0 aliphatic carbocycles. The van der Waals surface area contributed by atoms with E-state index in [0.717, 1.165) is 0 Å². The summed E-state index contributed by atoms with van der Waals surface area (Å²) in [4.78, 5) is 10.7. The average Bonchev–Trinajstić information content (AvgIpc) is 2.69. The van der Waals surface area contributed by atoms with Crippen molar-refractivity contribution >= 4 is 5.91 Å². The van der Waals surface area contributed by atoms with Crippen molar-refractivity contribution in [2.45, 2.75) is 31.5 Å². The second kappa shape index (κ2) is 6.45. The maximum absolute atomic E-state index is 12.5. The SMILES string of the molecule is NC(=O)C=C(N)C(CC(F)F)c1nnnn1CC(F)(F)F. The number of hydrogen-bond donors (Lipinski definition) is 2. The van der Waals surface area contributed by atoms with Gasteiger partial charge in [0.25, 0.3) is 0 Å². The molecule has 21 heavy (non-hydrogen) atoms. The number of hydrogen-bond acceptors (Lipinski definition) is 5. The highest BCUT2D eigenvalue weighted by Gasteiger charge is 2.33. The van der Waals surface area contributed by atoms with Gasteiger partial charge in [-0.15, -0.1) is 5.10 Å². The number of nitrogens with two attached hydrogens (primary N) is 2. The van der Waals surface area contributed by atoms with Crippen LogP contribution in [0.4, 0.5) is 22.0 Å². The Morgan fingerprint density at radius 3 is 2.43 bits per heavy atom. The smallest absolute Gasteiger partial charge is 0.401 e. The van der Waals surface area contributed by atoms with Gasteiger partial charge >= 0.3 is 6.18 Å². The van der Waals surface area contributed by atoms with Crippen molar-refractivity contribution in [2.24, 2.45) is 11.5 Å². The Kier molecular flexibility index (Phi) is 5.16. The molecule has 1 atom stereocenters. The second-order valence-corrected chi connectivity index (χ2v) is 4.04. The van der Waals surface area contributed by atoms with E-state index >= 15 is 0 Å². The normalized spacial score (nSPS) is 14.5. The molecule has 1 heterocycles. The van der Waals surface area contributed by atoms with Crippen LogP contribution < -0.4 is 11.5 Å². The molecular formula is C9H11F5N6O. The number of primary amides is 1. The number of rotatable bonds is 6. The van der Waals surface area contributed by atoms with E-state index < -0.39 is 48.9 Å². The van der Waals surface area contributed by atoms with Gasteiger partial charge in [-0.2, -0.15) is 13.2 Å². The Hall–Kier alpha value is -2.27. The van der Waals surface area contributed by atoms with Crippen molar-refractivity contribution in [2.75, 3.05) is 0 Å². The monoisotopic (exact) mass is 314 g/mol. The Morgan fingerprint density at radius 2 is 1.95 bits per heavy atom. The van der Waals surface area contributed by atoms with Crippen molar-refractivity contribution in [3.05, 3.63) is 17.6 Å². The highest BCUT2D eigenvalue weighted by Crippen LogP contribution is 2.27. The quantitative estimate of drug-likeness (QED) is 0.579. The van der Waals surface area contributed by atoms with Gasteiger partial charge in [0.05, 0.1) is 5.92 Å². The van der Waals surface area contributed by atoms with Crippen molar-refractivity contribution < 1.29 is 26.7 Å². The van der Waals surface area contributed by atoms with Crippen molar-refractivity contribution in [3.8, 4) is 0 Å². The summed E-state index contributed by atoms with van der Waals surface area (Å²) < 4.78 is 62.4. The molecule has 1 unspecified atom stereocenters. The maximum atomic E-state index is 12.5.